The molecule has 0 N–H and O–H groups in total. The molecule has 2 aliphatic heterocycles. The van der Waals surface area contributed by atoms with Gasteiger partial charge in [-0.2, -0.15) is 0 Å². The first kappa shape index (κ1) is 19.9. The van der Waals surface area contributed by atoms with Gasteiger partial charge in [0, 0.05) is 10.8 Å². The summed E-state index contributed by atoms with van der Waals surface area (Å²) in [6.07, 6.45) is 4.80. The number of rotatable bonds is 8. The van der Waals surface area contributed by atoms with Crippen LogP contribution in [0.25, 0.3) is 0 Å². The molecular formula is C19H32O6. The second-order valence-electron chi connectivity index (χ2n) is 8.03. The van der Waals surface area contributed by atoms with Crippen molar-refractivity contribution >= 4 is 12.3 Å². The number of carbonyl (C=O) groups is 2. The largest absolute Gasteiger partial charge is 0.508 e. The number of cyclic esters (lactones) is 4. The van der Waals surface area contributed by atoms with E-state index >= 15 is 0 Å². The molecule has 0 aromatic heterocycles. The molecule has 0 saturated carbocycles. The fourth-order valence-electron chi connectivity index (χ4n) is 4.13. The molecule has 144 valence electrons. The van der Waals surface area contributed by atoms with Crippen molar-refractivity contribution < 1.29 is 28.5 Å². The molecule has 2 fully saturated rings. The Morgan fingerprint density at radius 2 is 1.24 bits per heavy atom. The van der Waals surface area contributed by atoms with E-state index in [1.807, 2.05) is 0 Å². The summed E-state index contributed by atoms with van der Waals surface area (Å²) in [6, 6.07) is 0. The van der Waals surface area contributed by atoms with E-state index in [0.717, 1.165) is 44.9 Å². The third kappa shape index (κ3) is 4.79. The Labute approximate surface area is 150 Å². The summed E-state index contributed by atoms with van der Waals surface area (Å²) >= 11 is 0. The summed E-state index contributed by atoms with van der Waals surface area (Å²) < 4.78 is 21.2. The van der Waals surface area contributed by atoms with Crippen LogP contribution in [0.1, 0.15) is 72.6 Å². The fourth-order valence-corrected chi connectivity index (χ4v) is 4.13. The maximum Gasteiger partial charge on any atom is 0.508 e. The Hall–Kier alpha value is -1.46. The summed E-state index contributed by atoms with van der Waals surface area (Å²) in [5.41, 5.74) is -0.302. The van der Waals surface area contributed by atoms with E-state index in [4.69, 9.17) is 18.9 Å². The zero-order valence-electron chi connectivity index (χ0n) is 16.0. The van der Waals surface area contributed by atoms with Crippen molar-refractivity contribution in [1.29, 1.82) is 0 Å². The average molecular weight is 356 g/mol. The molecule has 0 amide bonds. The zero-order valence-corrected chi connectivity index (χ0v) is 16.0. The van der Waals surface area contributed by atoms with Crippen molar-refractivity contribution in [3.63, 3.8) is 0 Å². The molecule has 4 unspecified atom stereocenters. The van der Waals surface area contributed by atoms with Gasteiger partial charge in [-0.3, -0.25) is 0 Å². The van der Waals surface area contributed by atoms with Crippen LogP contribution in [0.5, 0.6) is 0 Å². The third-order valence-corrected chi connectivity index (χ3v) is 5.65. The molecule has 0 bridgehead atoms. The van der Waals surface area contributed by atoms with Crippen LogP contribution in [-0.2, 0) is 18.9 Å². The van der Waals surface area contributed by atoms with Gasteiger partial charge in [0.05, 0.1) is 0 Å². The summed E-state index contributed by atoms with van der Waals surface area (Å²) in [6.45, 7) is 9.29. The summed E-state index contributed by atoms with van der Waals surface area (Å²) in [5.74, 6) is 0. The number of ether oxygens (including phenoxy) is 4. The van der Waals surface area contributed by atoms with E-state index in [1.54, 1.807) is 0 Å². The maximum atomic E-state index is 11.5. The van der Waals surface area contributed by atoms with Gasteiger partial charge in [-0.15, -0.1) is 0 Å². The molecule has 0 radical (unpaired) electrons. The Kier molecular flexibility index (Phi) is 6.58. The van der Waals surface area contributed by atoms with Crippen molar-refractivity contribution in [1.82, 2.24) is 0 Å². The molecule has 2 saturated heterocycles. The van der Waals surface area contributed by atoms with E-state index in [1.165, 1.54) is 0 Å². The van der Waals surface area contributed by atoms with Crippen LogP contribution in [0.4, 0.5) is 9.59 Å². The molecular weight excluding hydrogens is 324 g/mol. The van der Waals surface area contributed by atoms with Gasteiger partial charge in [-0.05, 0) is 32.1 Å². The van der Waals surface area contributed by atoms with E-state index in [0.29, 0.717) is 13.2 Å². The normalized spacial score (nSPS) is 35.4. The summed E-state index contributed by atoms with van der Waals surface area (Å²) in [7, 11) is 0. The lowest BCUT2D eigenvalue weighted by molar-refractivity contribution is -0.119. The highest BCUT2D eigenvalue weighted by Gasteiger charge is 2.44. The predicted molar refractivity (Wildman–Crippen MR) is 92.3 cm³/mol. The lowest BCUT2D eigenvalue weighted by Gasteiger charge is -2.41. The highest BCUT2D eigenvalue weighted by atomic mass is 16.7. The molecule has 0 aliphatic carbocycles. The summed E-state index contributed by atoms with van der Waals surface area (Å²) in [4.78, 5) is 23.1. The highest BCUT2D eigenvalue weighted by molar-refractivity contribution is 5.61. The zero-order chi connectivity index (χ0) is 18.5. The lowest BCUT2D eigenvalue weighted by Crippen LogP contribution is -2.47. The van der Waals surface area contributed by atoms with Gasteiger partial charge in [-0.25, -0.2) is 9.59 Å². The minimum absolute atomic E-state index is 0.151. The molecule has 0 aromatic carbocycles. The fraction of sp³-hybridized carbons (Fsp3) is 0.895. The molecule has 2 rings (SSSR count). The minimum Gasteiger partial charge on any atom is -0.434 e. The van der Waals surface area contributed by atoms with E-state index in [2.05, 4.69) is 27.7 Å². The quantitative estimate of drug-likeness (QED) is 0.580. The van der Waals surface area contributed by atoms with Crippen molar-refractivity contribution in [2.45, 2.75) is 84.8 Å². The highest BCUT2D eigenvalue weighted by Crippen LogP contribution is 2.39. The average Bonchev–Trinajstić information content (AvgIpc) is 2.55. The number of hydrogen-bond acceptors (Lipinski definition) is 6. The second kappa shape index (κ2) is 8.28. The first-order valence-electron chi connectivity index (χ1n) is 9.50. The monoisotopic (exact) mass is 356 g/mol. The predicted octanol–water partition coefficient (Wildman–Crippen LogP) is 4.84. The van der Waals surface area contributed by atoms with Crippen LogP contribution in [0.2, 0.25) is 0 Å². The molecule has 0 aromatic rings. The smallest absolute Gasteiger partial charge is 0.434 e. The van der Waals surface area contributed by atoms with Crippen LogP contribution in [0, 0.1) is 10.8 Å². The van der Waals surface area contributed by atoms with E-state index in [-0.39, 0.29) is 23.0 Å². The van der Waals surface area contributed by atoms with Gasteiger partial charge in [0.25, 0.3) is 0 Å². The first-order chi connectivity index (χ1) is 11.8. The van der Waals surface area contributed by atoms with Gasteiger partial charge in [0.2, 0.25) is 0 Å². The molecule has 25 heavy (non-hydrogen) atoms. The summed E-state index contributed by atoms with van der Waals surface area (Å²) in [5, 5.41) is 0. The Morgan fingerprint density at radius 3 is 1.60 bits per heavy atom. The molecule has 2 aliphatic rings. The standard InChI is InChI=1S/C19H32O6/c1-5-10-18(3)12-22-16(20)24-14(18)8-7-9-15-19(4,11-6-2)13-23-17(21)25-15/h14-15H,5-13H2,1-4H3. The Morgan fingerprint density at radius 1 is 0.840 bits per heavy atom. The molecule has 6 heteroatoms. The maximum absolute atomic E-state index is 11.5. The van der Waals surface area contributed by atoms with Gasteiger partial charge < -0.3 is 18.9 Å². The SMILES string of the molecule is CCCC1(C)COC(=O)OC1CCCC1OC(=O)OCC1(C)CCC. The van der Waals surface area contributed by atoms with Crippen LogP contribution in [0.3, 0.4) is 0 Å². The number of carbonyl (C=O) groups excluding carboxylic acids is 2. The molecule has 0 spiro atoms. The second-order valence-corrected chi connectivity index (χ2v) is 8.03. The third-order valence-electron chi connectivity index (χ3n) is 5.65. The lowest BCUT2D eigenvalue weighted by atomic mass is 9.76. The Balaban J connectivity index is 1.94. The van der Waals surface area contributed by atoms with Crippen LogP contribution < -0.4 is 0 Å². The van der Waals surface area contributed by atoms with Crippen molar-refractivity contribution in [2.75, 3.05) is 13.2 Å². The number of hydrogen-bond donors (Lipinski definition) is 0. The topological polar surface area (TPSA) is 71.1 Å². The van der Waals surface area contributed by atoms with E-state index < -0.39 is 12.3 Å². The van der Waals surface area contributed by atoms with Crippen LogP contribution >= 0.6 is 0 Å². The minimum atomic E-state index is -0.577. The van der Waals surface area contributed by atoms with Gasteiger partial charge in [-0.1, -0.05) is 40.5 Å². The molecule has 2 heterocycles. The molecule has 4 atom stereocenters. The van der Waals surface area contributed by atoms with Crippen LogP contribution in [-0.4, -0.2) is 37.7 Å². The van der Waals surface area contributed by atoms with Gasteiger partial charge >= 0.3 is 12.3 Å². The molecule has 6 nitrogen and oxygen atoms in total. The van der Waals surface area contributed by atoms with Crippen molar-refractivity contribution in [2.24, 2.45) is 10.8 Å². The van der Waals surface area contributed by atoms with Crippen molar-refractivity contribution in [3.8, 4) is 0 Å². The first-order valence-corrected chi connectivity index (χ1v) is 9.50. The van der Waals surface area contributed by atoms with Crippen LogP contribution in [0.15, 0.2) is 0 Å². The van der Waals surface area contributed by atoms with Crippen molar-refractivity contribution in [3.05, 3.63) is 0 Å². The van der Waals surface area contributed by atoms with E-state index in [9.17, 15) is 9.59 Å². The van der Waals surface area contributed by atoms with Gasteiger partial charge in [0.15, 0.2) is 0 Å². The van der Waals surface area contributed by atoms with Gasteiger partial charge in [0.1, 0.15) is 25.4 Å². The Bertz CT molecular complexity index is 437.